The minimum atomic E-state index is -0.670. The highest BCUT2D eigenvalue weighted by Crippen LogP contribution is 2.30. The summed E-state index contributed by atoms with van der Waals surface area (Å²) in [5.41, 5.74) is 0.191. The van der Waals surface area contributed by atoms with Crippen molar-refractivity contribution in [2.75, 3.05) is 32.1 Å². The summed E-state index contributed by atoms with van der Waals surface area (Å²) in [4.78, 5) is 4.59. The first kappa shape index (κ1) is 22.8. The molecule has 0 unspecified atom stereocenters. The van der Waals surface area contributed by atoms with Gasteiger partial charge in [0, 0.05) is 18.3 Å². The van der Waals surface area contributed by atoms with E-state index in [1.807, 2.05) is 32.0 Å². The third-order valence-electron chi connectivity index (χ3n) is 4.39. The Morgan fingerprint density at radius 2 is 1.92 bits per heavy atom. The number of nitrogens with one attached hydrogen (secondary N) is 2. The molecule has 2 rings (SSSR count). The first-order valence-corrected chi connectivity index (χ1v) is 9.19. The van der Waals surface area contributed by atoms with E-state index < -0.39 is 5.60 Å². The predicted molar refractivity (Wildman–Crippen MR) is 117 cm³/mol. The van der Waals surface area contributed by atoms with E-state index in [2.05, 4.69) is 15.6 Å². The summed E-state index contributed by atoms with van der Waals surface area (Å²) in [6, 6.07) is 5.68. The number of hydrogen-bond acceptors (Lipinski definition) is 4. The maximum Gasteiger partial charge on any atom is 0.195 e. The fourth-order valence-corrected chi connectivity index (χ4v) is 3.06. The normalized spacial score (nSPS) is 16.4. The molecule has 6 nitrogen and oxygen atoms in total. The number of halogens is 1. The third-order valence-corrected chi connectivity index (χ3v) is 4.39. The molecule has 3 N–H and O–H groups in total. The van der Waals surface area contributed by atoms with E-state index in [-0.39, 0.29) is 24.0 Å². The Kier molecular flexibility index (Phi) is 10.1. The van der Waals surface area contributed by atoms with Crippen LogP contribution >= 0.6 is 24.0 Å². The Labute approximate surface area is 173 Å². The lowest BCUT2D eigenvalue weighted by Crippen LogP contribution is -2.37. The van der Waals surface area contributed by atoms with Gasteiger partial charge in [0.15, 0.2) is 17.5 Å². The van der Waals surface area contributed by atoms with Crippen molar-refractivity contribution in [2.24, 2.45) is 4.99 Å². The Bertz CT molecular complexity index is 575. The molecule has 0 atom stereocenters. The number of methoxy groups -OCH3 is 1. The summed E-state index contributed by atoms with van der Waals surface area (Å²) in [6.07, 6.45) is 5.01. The summed E-state index contributed by atoms with van der Waals surface area (Å²) >= 11 is 0. The van der Waals surface area contributed by atoms with Gasteiger partial charge in [0.1, 0.15) is 0 Å². The Hall–Kier alpha value is -1.22. The summed E-state index contributed by atoms with van der Waals surface area (Å²) in [5.74, 6) is 2.05. The minimum Gasteiger partial charge on any atom is -0.493 e. The Morgan fingerprint density at radius 1 is 1.19 bits per heavy atom. The highest BCUT2D eigenvalue weighted by atomic mass is 127. The third kappa shape index (κ3) is 6.83. The van der Waals surface area contributed by atoms with Crippen molar-refractivity contribution in [3.05, 3.63) is 18.2 Å². The van der Waals surface area contributed by atoms with Gasteiger partial charge in [-0.3, -0.25) is 4.99 Å². The van der Waals surface area contributed by atoms with Gasteiger partial charge in [-0.05, 0) is 38.8 Å². The predicted octanol–water partition coefficient (Wildman–Crippen LogP) is 3.78. The molecule has 1 aromatic rings. The molecule has 7 heteroatoms. The van der Waals surface area contributed by atoms with Crippen molar-refractivity contribution in [3.8, 4) is 11.5 Å². The van der Waals surface area contributed by atoms with Gasteiger partial charge in [-0.1, -0.05) is 19.3 Å². The fraction of sp³-hybridized carbons (Fsp3) is 0.632. The van der Waals surface area contributed by atoms with E-state index in [9.17, 15) is 5.11 Å². The number of hydrogen-bond donors (Lipinski definition) is 3. The molecule has 0 aromatic heterocycles. The number of nitrogens with zero attached hydrogens (tertiary/aromatic N) is 1. The van der Waals surface area contributed by atoms with E-state index in [1.165, 1.54) is 6.42 Å². The standard InChI is InChI=1S/C19H31N3O3.HI/c1-4-20-18(21-14-19(23)11-7-6-8-12-19)22-15-9-10-16(24-3)17(13-15)25-5-2;/h9-10,13,23H,4-8,11-12,14H2,1-3H3,(H2,20,21,22);1H. The molecule has 0 bridgehead atoms. The molecule has 1 aromatic carbocycles. The van der Waals surface area contributed by atoms with Crippen LogP contribution in [0.25, 0.3) is 0 Å². The number of anilines is 1. The maximum atomic E-state index is 10.6. The molecule has 0 saturated heterocycles. The van der Waals surface area contributed by atoms with Crippen molar-refractivity contribution in [3.63, 3.8) is 0 Å². The molecule has 1 aliphatic carbocycles. The second-order valence-electron chi connectivity index (χ2n) is 6.40. The zero-order valence-corrected chi connectivity index (χ0v) is 18.3. The summed E-state index contributed by atoms with van der Waals surface area (Å²) in [7, 11) is 1.63. The van der Waals surface area contributed by atoms with Crippen LogP contribution in [0.2, 0.25) is 0 Å². The first-order valence-electron chi connectivity index (χ1n) is 9.19. The number of benzene rings is 1. The molecule has 0 radical (unpaired) electrons. The quantitative estimate of drug-likeness (QED) is 0.317. The first-order chi connectivity index (χ1) is 12.1. The zero-order chi connectivity index (χ0) is 18.1. The lowest BCUT2D eigenvalue weighted by molar-refractivity contribution is 0.0132. The molecule has 0 heterocycles. The van der Waals surface area contributed by atoms with Crippen LogP contribution in [0.5, 0.6) is 11.5 Å². The van der Waals surface area contributed by atoms with Crippen LogP contribution in [-0.2, 0) is 0 Å². The second kappa shape index (κ2) is 11.5. The van der Waals surface area contributed by atoms with E-state index in [0.717, 1.165) is 37.9 Å². The van der Waals surface area contributed by atoms with Crippen LogP contribution in [0.3, 0.4) is 0 Å². The molecule has 1 fully saturated rings. The highest BCUT2D eigenvalue weighted by molar-refractivity contribution is 14.0. The number of guanidine groups is 1. The lowest BCUT2D eigenvalue weighted by atomic mass is 9.85. The molecule has 26 heavy (non-hydrogen) atoms. The van der Waals surface area contributed by atoms with E-state index >= 15 is 0 Å². The van der Waals surface area contributed by atoms with Crippen LogP contribution in [0, 0.1) is 0 Å². The SMILES string of the molecule is CCNC(=NCC1(O)CCCCC1)Nc1ccc(OC)c(OCC)c1.I. The van der Waals surface area contributed by atoms with Gasteiger partial charge in [0.05, 0.1) is 25.9 Å². The van der Waals surface area contributed by atoms with Crippen LogP contribution in [0.4, 0.5) is 5.69 Å². The van der Waals surface area contributed by atoms with Gasteiger partial charge >= 0.3 is 0 Å². The monoisotopic (exact) mass is 477 g/mol. The number of aliphatic imine (C=N–C) groups is 1. The molecule has 148 valence electrons. The molecule has 1 aliphatic rings. The molecule has 0 amide bonds. The molecule has 0 aliphatic heterocycles. The van der Waals surface area contributed by atoms with Crippen LogP contribution in [-0.4, -0.2) is 43.5 Å². The van der Waals surface area contributed by atoms with Crippen molar-refractivity contribution in [2.45, 2.75) is 51.6 Å². The lowest BCUT2D eigenvalue weighted by Gasteiger charge is -2.30. The molecule has 0 spiro atoms. The topological polar surface area (TPSA) is 75.1 Å². The number of rotatable bonds is 7. The number of aliphatic hydroxyl groups is 1. The second-order valence-corrected chi connectivity index (χ2v) is 6.40. The molecule has 1 saturated carbocycles. The fourth-order valence-electron chi connectivity index (χ4n) is 3.06. The number of ether oxygens (including phenoxy) is 2. The van der Waals surface area contributed by atoms with Gasteiger partial charge in [0.2, 0.25) is 0 Å². The Balaban J connectivity index is 0.00000338. The summed E-state index contributed by atoms with van der Waals surface area (Å²) in [5, 5.41) is 17.1. The van der Waals surface area contributed by atoms with Gasteiger partial charge in [0.25, 0.3) is 0 Å². The van der Waals surface area contributed by atoms with Gasteiger partial charge < -0.3 is 25.2 Å². The van der Waals surface area contributed by atoms with Gasteiger partial charge in [-0.15, -0.1) is 24.0 Å². The van der Waals surface area contributed by atoms with Crippen molar-refractivity contribution >= 4 is 35.6 Å². The van der Waals surface area contributed by atoms with E-state index in [4.69, 9.17) is 9.47 Å². The summed E-state index contributed by atoms with van der Waals surface area (Å²) < 4.78 is 10.9. The minimum absolute atomic E-state index is 0. The van der Waals surface area contributed by atoms with Crippen molar-refractivity contribution in [1.82, 2.24) is 5.32 Å². The van der Waals surface area contributed by atoms with E-state index in [0.29, 0.717) is 30.6 Å². The molecular formula is C19H32IN3O3. The maximum absolute atomic E-state index is 10.6. The van der Waals surface area contributed by atoms with Crippen molar-refractivity contribution < 1.29 is 14.6 Å². The molecular weight excluding hydrogens is 445 g/mol. The van der Waals surface area contributed by atoms with E-state index in [1.54, 1.807) is 7.11 Å². The smallest absolute Gasteiger partial charge is 0.195 e. The van der Waals surface area contributed by atoms with Crippen LogP contribution in [0.1, 0.15) is 46.0 Å². The average molecular weight is 477 g/mol. The Morgan fingerprint density at radius 3 is 2.54 bits per heavy atom. The highest BCUT2D eigenvalue weighted by Gasteiger charge is 2.28. The zero-order valence-electron chi connectivity index (χ0n) is 16.0. The van der Waals surface area contributed by atoms with Crippen LogP contribution < -0.4 is 20.1 Å². The van der Waals surface area contributed by atoms with Gasteiger partial charge in [-0.2, -0.15) is 0 Å². The summed E-state index contributed by atoms with van der Waals surface area (Å²) in [6.45, 7) is 5.69. The average Bonchev–Trinajstić information content (AvgIpc) is 2.61. The van der Waals surface area contributed by atoms with Gasteiger partial charge in [-0.25, -0.2) is 0 Å². The van der Waals surface area contributed by atoms with Crippen molar-refractivity contribution in [1.29, 1.82) is 0 Å². The van der Waals surface area contributed by atoms with Crippen LogP contribution in [0.15, 0.2) is 23.2 Å². The largest absolute Gasteiger partial charge is 0.493 e.